The largest absolute Gasteiger partial charge is 0.371 e. The Morgan fingerprint density at radius 2 is 2.06 bits per heavy atom. The first-order valence-corrected chi connectivity index (χ1v) is 6.82. The Morgan fingerprint density at radius 1 is 1.29 bits per heavy atom. The number of aryl methyl sites for hydroxylation is 1. The van der Waals surface area contributed by atoms with Crippen LogP contribution >= 0.6 is 0 Å². The van der Waals surface area contributed by atoms with E-state index in [1.807, 2.05) is 0 Å². The normalized spacial score (nSPS) is 21.9. The minimum absolute atomic E-state index is 0.433. The lowest BCUT2D eigenvalue weighted by Gasteiger charge is -2.35. The van der Waals surface area contributed by atoms with Crippen LogP contribution in [0.3, 0.4) is 0 Å². The number of fused-ring (bicyclic) bond motifs is 2. The van der Waals surface area contributed by atoms with Crippen molar-refractivity contribution in [2.45, 2.75) is 32.1 Å². The molecule has 0 aromatic heterocycles. The van der Waals surface area contributed by atoms with E-state index in [-0.39, 0.29) is 0 Å². The van der Waals surface area contributed by atoms with E-state index < -0.39 is 0 Å². The van der Waals surface area contributed by atoms with Crippen LogP contribution in [0.15, 0.2) is 18.2 Å². The molecule has 0 saturated carbocycles. The third-order valence-corrected chi connectivity index (χ3v) is 4.50. The molecule has 2 aliphatic rings. The molecule has 17 heavy (non-hydrogen) atoms. The van der Waals surface area contributed by atoms with E-state index in [1.165, 1.54) is 43.7 Å². The molecule has 1 saturated heterocycles. The number of hydrogen-bond donors (Lipinski definition) is 1. The summed E-state index contributed by atoms with van der Waals surface area (Å²) < 4.78 is 0. The highest BCUT2D eigenvalue weighted by molar-refractivity contribution is 5.63. The van der Waals surface area contributed by atoms with E-state index in [0.717, 1.165) is 6.54 Å². The number of nitrogens with zero attached hydrogens (tertiary/aromatic N) is 1. The smallest absolute Gasteiger partial charge is 0.0405 e. The van der Waals surface area contributed by atoms with Crippen LogP contribution in [0.2, 0.25) is 0 Å². The number of rotatable bonds is 1. The average Bonchev–Trinajstić information content (AvgIpc) is 2.64. The molecule has 2 heteroatoms. The van der Waals surface area contributed by atoms with Crippen LogP contribution in [0.25, 0.3) is 0 Å². The zero-order chi connectivity index (χ0) is 11.9. The maximum Gasteiger partial charge on any atom is 0.0405 e. The quantitative estimate of drug-likeness (QED) is 0.797. The molecule has 1 N–H and O–H groups in total. The van der Waals surface area contributed by atoms with Crippen molar-refractivity contribution < 1.29 is 0 Å². The van der Waals surface area contributed by atoms with Gasteiger partial charge >= 0.3 is 0 Å². The summed E-state index contributed by atoms with van der Waals surface area (Å²) in [6.45, 7) is 9.18. The number of hydrogen-bond acceptors (Lipinski definition) is 2. The second-order valence-corrected chi connectivity index (χ2v) is 5.57. The molecule has 0 atom stereocenters. The number of nitrogens with one attached hydrogen (secondary N) is 1. The van der Waals surface area contributed by atoms with Crippen LogP contribution in [0.5, 0.6) is 0 Å². The zero-order valence-electron chi connectivity index (χ0n) is 10.9. The molecule has 0 radical (unpaired) electrons. The van der Waals surface area contributed by atoms with Gasteiger partial charge in [-0.05, 0) is 51.4 Å². The number of piperidine rings is 1. The van der Waals surface area contributed by atoms with Gasteiger partial charge in [0.1, 0.15) is 0 Å². The summed E-state index contributed by atoms with van der Waals surface area (Å²) in [5, 5.41) is 3.50. The van der Waals surface area contributed by atoms with Gasteiger partial charge in [-0.2, -0.15) is 0 Å². The van der Waals surface area contributed by atoms with Crippen LogP contribution < -0.4 is 10.2 Å². The van der Waals surface area contributed by atoms with E-state index in [4.69, 9.17) is 0 Å². The highest BCUT2D eigenvalue weighted by Crippen LogP contribution is 2.46. The molecular weight excluding hydrogens is 208 g/mol. The summed E-state index contributed by atoms with van der Waals surface area (Å²) in [6.07, 6.45) is 2.58. The summed E-state index contributed by atoms with van der Waals surface area (Å²) >= 11 is 0. The van der Waals surface area contributed by atoms with Crippen molar-refractivity contribution in [1.29, 1.82) is 0 Å². The predicted octanol–water partition coefficient (Wildman–Crippen LogP) is 2.46. The number of likely N-dealkylation sites (N-methyl/N-ethyl adjacent to an activating group) is 1. The fraction of sp³-hybridized carbons (Fsp3) is 0.600. The Labute approximate surface area is 104 Å². The number of benzene rings is 1. The molecule has 92 valence electrons. The fourth-order valence-electron chi connectivity index (χ4n) is 3.50. The van der Waals surface area contributed by atoms with Gasteiger partial charge in [-0.1, -0.05) is 17.7 Å². The van der Waals surface area contributed by atoms with E-state index in [9.17, 15) is 0 Å². The zero-order valence-corrected chi connectivity index (χ0v) is 10.9. The molecule has 0 amide bonds. The molecule has 0 aliphatic carbocycles. The number of anilines is 1. The van der Waals surface area contributed by atoms with Crippen LogP contribution in [0.1, 0.15) is 30.9 Å². The first-order chi connectivity index (χ1) is 8.25. The molecule has 2 nitrogen and oxygen atoms in total. The van der Waals surface area contributed by atoms with Crippen molar-refractivity contribution in [3.8, 4) is 0 Å². The average molecular weight is 230 g/mol. The summed E-state index contributed by atoms with van der Waals surface area (Å²) in [4.78, 5) is 2.56. The van der Waals surface area contributed by atoms with Crippen LogP contribution in [-0.4, -0.2) is 26.2 Å². The first-order valence-electron chi connectivity index (χ1n) is 6.82. The Kier molecular flexibility index (Phi) is 2.62. The van der Waals surface area contributed by atoms with Gasteiger partial charge in [-0.3, -0.25) is 0 Å². The molecule has 2 aliphatic heterocycles. The third-order valence-electron chi connectivity index (χ3n) is 4.50. The van der Waals surface area contributed by atoms with Gasteiger partial charge in [0.2, 0.25) is 0 Å². The monoisotopic (exact) mass is 230 g/mol. The molecule has 0 bridgehead atoms. The molecule has 0 unspecified atom stereocenters. The molecule has 2 heterocycles. The second kappa shape index (κ2) is 4.02. The van der Waals surface area contributed by atoms with Crippen molar-refractivity contribution in [1.82, 2.24) is 5.32 Å². The Morgan fingerprint density at radius 3 is 2.76 bits per heavy atom. The van der Waals surface area contributed by atoms with Gasteiger partial charge in [-0.25, -0.2) is 0 Å². The lowest BCUT2D eigenvalue weighted by atomic mass is 9.74. The van der Waals surface area contributed by atoms with Crippen molar-refractivity contribution in [2.24, 2.45) is 0 Å². The summed E-state index contributed by atoms with van der Waals surface area (Å²) in [7, 11) is 0. The lowest BCUT2D eigenvalue weighted by Crippen LogP contribution is -2.43. The molecule has 1 fully saturated rings. The lowest BCUT2D eigenvalue weighted by molar-refractivity contribution is 0.326. The molecule has 1 aromatic carbocycles. The van der Waals surface area contributed by atoms with Crippen molar-refractivity contribution >= 4 is 5.69 Å². The summed E-state index contributed by atoms with van der Waals surface area (Å²) in [5.41, 5.74) is 4.93. The van der Waals surface area contributed by atoms with Crippen molar-refractivity contribution in [2.75, 3.05) is 31.1 Å². The highest BCUT2D eigenvalue weighted by atomic mass is 15.2. The fourth-order valence-corrected chi connectivity index (χ4v) is 3.50. The van der Waals surface area contributed by atoms with Crippen molar-refractivity contribution in [3.63, 3.8) is 0 Å². The Bertz CT molecular complexity index is 419. The van der Waals surface area contributed by atoms with E-state index in [1.54, 1.807) is 5.56 Å². The SMILES string of the molecule is CCN1CC2(CCNCC2)c2cc(C)ccc21. The van der Waals surface area contributed by atoms with E-state index in [0.29, 0.717) is 5.41 Å². The van der Waals surface area contributed by atoms with Gasteiger partial charge in [0.05, 0.1) is 0 Å². The molecule has 3 rings (SSSR count). The van der Waals surface area contributed by atoms with Crippen LogP contribution in [-0.2, 0) is 5.41 Å². The predicted molar refractivity (Wildman–Crippen MR) is 72.8 cm³/mol. The minimum Gasteiger partial charge on any atom is -0.371 e. The van der Waals surface area contributed by atoms with Gasteiger partial charge < -0.3 is 10.2 Å². The second-order valence-electron chi connectivity index (χ2n) is 5.57. The maximum absolute atomic E-state index is 3.50. The summed E-state index contributed by atoms with van der Waals surface area (Å²) in [5.74, 6) is 0. The topological polar surface area (TPSA) is 15.3 Å². The van der Waals surface area contributed by atoms with Gasteiger partial charge in [0, 0.05) is 24.2 Å². The molecule has 1 spiro atoms. The van der Waals surface area contributed by atoms with Crippen LogP contribution in [0, 0.1) is 6.92 Å². The van der Waals surface area contributed by atoms with Gasteiger partial charge in [0.25, 0.3) is 0 Å². The Hall–Kier alpha value is -1.02. The van der Waals surface area contributed by atoms with E-state index in [2.05, 4.69) is 42.3 Å². The summed E-state index contributed by atoms with van der Waals surface area (Å²) in [6, 6.07) is 7.00. The van der Waals surface area contributed by atoms with Crippen LogP contribution in [0.4, 0.5) is 5.69 Å². The Balaban J connectivity index is 2.07. The first kappa shape index (κ1) is 11.1. The van der Waals surface area contributed by atoms with Gasteiger partial charge in [-0.15, -0.1) is 0 Å². The van der Waals surface area contributed by atoms with Crippen molar-refractivity contribution in [3.05, 3.63) is 29.3 Å². The standard InChI is InChI=1S/C15H22N2/c1-3-17-11-15(6-8-16-9-7-15)13-10-12(2)4-5-14(13)17/h4-5,10,16H,3,6-9,11H2,1-2H3. The third kappa shape index (κ3) is 1.66. The molecule has 1 aromatic rings. The van der Waals surface area contributed by atoms with E-state index >= 15 is 0 Å². The van der Waals surface area contributed by atoms with Gasteiger partial charge in [0.15, 0.2) is 0 Å². The molecular formula is C15H22N2. The highest BCUT2D eigenvalue weighted by Gasteiger charge is 2.42. The maximum atomic E-state index is 3.50. The minimum atomic E-state index is 0.433.